The van der Waals surface area contributed by atoms with Crippen LogP contribution in [0.5, 0.6) is 0 Å². The van der Waals surface area contributed by atoms with Gasteiger partial charge in [-0.15, -0.1) is 11.8 Å². The summed E-state index contributed by atoms with van der Waals surface area (Å²) in [4.78, 5) is 25.5. The molecule has 2 amide bonds. The van der Waals surface area contributed by atoms with E-state index in [0.717, 1.165) is 21.5 Å². The zero-order chi connectivity index (χ0) is 19.3. The summed E-state index contributed by atoms with van der Waals surface area (Å²) in [5.41, 5.74) is 0.164. The van der Waals surface area contributed by atoms with Crippen LogP contribution in [0.2, 0.25) is 0 Å². The van der Waals surface area contributed by atoms with Gasteiger partial charge in [0.2, 0.25) is 11.8 Å². The van der Waals surface area contributed by atoms with Crippen LogP contribution in [-0.4, -0.2) is 24.1 Å². The SMILES string of the molecule is CNC(=O)C(NC(=O)C(C)Sc1ccc(Br)cc1)c1ccc(F)c(F)c1. The van der Waals surface area contributed by atoms with E-state index in [1.807, 2.05) is 24.3 Å². The molecule has 2 rings (SSSR count). The molecule has 2 atom stereocenters. The Kier molecular flexibility index (Phi) is 7.16. The highest BCUT2D eigenvalue weighted by Crippen LogP contribution is 2.26. The third-order valence-electron chi connectivity index (χ3n) is 3.57. The molecule has 0 saturated carbocycles. The molecule has 138 valence electrons. The first kappa shape index (κ1) is 20.4. The maximum atomic E-state index is 13.5. The van der Waals surface area contributed by atoms with E-state index in [-0.39, 0.29) is 5.56 Å². The van der Waals surface area contributed by atoms with Crippen molar-refractivity contribution in [3.63, 3.8) is 0 Å². The van der Waals surface area contributed by atoms with Gasteiger partial charge in [-0.2, -0.15) is 0 Å². The molecule has 0 spiro atoms. The Morgan fingerprint density at radius 2 is 1.69 bits per heavy atom. The fourth-order valence-corrected chi connectivity index (χ4v) is 3.31. The van der Waals surface area contributed by atoms with Crippen LogP contribution in [0.15, 0.2) is 51.8 Å². The molecular formula is C18H17BrF2N2O2S. The summed E-state index contributed by atoms with van der Waals surface area (Å²) in [6.07, 6.45) is 0. The number of hydrogen-bond acceptors (Lipinski definition) is 3. The van der Waals surface area contributed by atoms with E-state index in [1.54, 1.807) is 6.92 Å². The van der Waals surface area contributed by atoms with Crippen LogP contribution >= 0.6 is 27.7 Å². The van der Waals surface area contributed by atoms with Crippen molar-refractivity contribution in [2.45, 2.75) is 23.1 Å². The first-order chi connectivity index (χ1) is 12.3. The highest BCUT2D eigenvalue weighted by Gasteiger charge is 2.25. The van der Waals surface area contributed by atoms with E-state index in [0.29, 0.717) is 0 Å². The number of rotatable bonds is 6. The molecule has 2 unspecified atom stereocenters. The minimum absolute atomic E-state index is 0.164. The number of benzene rings is 2. The summed E-state index contributed by atoms with van der Waals surface area (Å²) in [6, 6.07) is 9.44. The number of hydrogen-bond donors (Lipinski definition) is 2. The maximum absolute atomic E-state index is 13.5. The van der Waals surface area contributed by atoms with Gasteiger partial charge in [0.05, 0.1) is 5.25 Å². The zero-order valence-electron chi connectivity index (χ0n) is 14.1. The predicted molar refractivity (Wildman–Crippen MR) is 101 cm³/mol. The predicted octanol–water partition coefficient (Wildman–Crippen LogP) is 3.81. The van der Waals surface area contributed by atoms with Crippen molar-refractivity contribution >= 4 is 39.5 Å². The summed E-state index contributed by atoms with van der Waals surface area (Å²) in [7, 11) is 1.40. The topological polar surface area (TPSA) is 58.2 Å². The van der Waals surface area contributed by atoms with Crippen molar-refractivity contribution in [3.8, 4) is 0 Å². The van der Waals surface area contributed by atoms with Crippen molar-refractivity contribution in [1.29, 1.82) is 0 Å². The Labute approximate surface area is 162 Å². The summed E-state index contributed by atoms with van der Waals surface area (Å²) < 4.78 is 27.6. The van der Waals surface area contributed by atoms with E-state index in [4.69, 9.17) is 0 Å². The normalized spacial score (nSPS) is 13.0. The molecule has 26 heavy (non-hydrogen) atoms. The number of carbonyl (C=O) groups excluding carboxylic acids is 2. The molecule has 0 saturated heterocycles. The molecule has 8 heteroatoms. The second kappa shape index (κ2) is 9.14. The Hall–Kier alpha value is -1.93. The summed E-state index contributed by atoms with van der Waals surface area (Å²) in [5, 5.41) is 4.52. The average molecular weight is 443 g/mol. The minimum Gasteiger partial charge on any atom is -0.357 e. The molecule has 0 radical (unpaired) electrons. The van der Waals surface area contributed by atoms with E-state index < -0.39 is 34.7 Å². The Morgan fingerprint density at radius 1 is 1.04 bits per heavy atom. The summed E-state index contributed by atoms with van der Waals surface area (Å²) >= 11 is 4.67. The zero-order valence-corrected chi connectivity index (χ0v) is 16.5. The molecule has 0 aromatic heterocycles. The fourth-order valence-electron chi connectivity index (χ4n) is 2.17. The highest BCUT2D eigenvalue weighted by molar-refractivity contribution is 9.10. The first-order valence-electron chi connectivity index (χ1n) is 7.71. The van der Waals surface area contributed by atoms with Gasteiger partial charge in [-0.05, 0) is 48.9 Å². The van der Waals surface area contributed by atoms with Gasteiger partial charge in [0.1, 0.15) is 6.04 Å². The van der Waals surface area contributed by atoms with Gasteiger partial charge in [0.15, 0.2) is 11.6 Å². The molecule has 0 aliphatic heterocycles. The second-order valence-corrected chi connectivity index (χ2v) is 7.77. The molecule has 2 aromatic rings. The van der Waals surface area contributed by atoms with E-state index in [9.17, 15) is 18.4 Å². The second-order valence-electron chi connectivity index (χ2n) is 5.44. The molecule has 2 aromatic carbocycles. The lowest BCUT2D eigenvalue weighted by Gasteiger charge is -2.20. The van der Waals surface area contributed by atoms with E-state index in [1.165, 1.54) is 24.9 Å². The molecule has 0 aliphatic rings. The van der Waals surface area contributed by atoms with E-state index in [2.05, 4.69) is 26.6 Å². The number of likely N-dealkylation sites (N-methyl/N-ethyl adjacent to an activating group) is 1. The third kappa shape index (κ3) is 5.28. The lowest BCUT2D eigenvalue weighted by molar-refractivity contribution is -0.128. The lowest BCUT2D eigenvalue weighted by atomic mass is 10.1. The highest BCUT2D eigenvalue weighted by atomic mass is 79.9. The smallest absolute Gasteiger partial charge is 0.246 e. The summed E-state index contributed by atoms with van der Waals surface area (Å²) in [5.74, 6) is -3.01. The minimum atomic E-state index is -1.12. The van der Waals surface area contributed by atoms with Gasteiger partial charge in [0, 0.05) is 16.4 Å². The van der Waals surface area contributed by atoms with Crippen LogP contribution in [0, 0.1) is 11.6 Å². The Balaban J connectivity index is 2.13. The van der Waals surface area contributed by atoms with Crippen LogP contribution in [-0.2, 0) is 9.59 Å². The van der Waals surface area contributed by atoms with Gasteiger partial charge >= 0.3 is 0 Å². The largest absolute Gasteiger partial charge is 0.357 e. The quantitative estimate of drug-likeness (QED) is 0.668. The summed E-state index contributed by atoms with van der Waals surface area (Å²) in [6.45, 7) is 1.70. The van der Waals surface area contributed by atoms with Gasteiger partial charge < -0.3 is 10.6 Å². The van der Waals surface area contributed by atoms with Crippen LogP contribution in [0.4, 0.5) is 8.78 Å². The van der Waals surface area contributed by atoms with Gasteiger partial charge in [0.25, 0.3) is 0 Å². The lowest BCUT2D eigenvalue weighted by Crippen LogP contribution is -2.42. The van der Waals surface area contributed by atoms with Crippen LogP contribution in [0.1, 0.15) is 18.5 Å². The molecule has 0 bridgehead atoms. The van der Waals surface area contributed by atoms with Crippen molar-refractivity contribution in [3.05, 3.63) is 64.1 Å². The first-order valence-corrected chi connectivity index (χ1v) is 9.38. The van der Waals surface area contributed by atoms with E-state index >= 15 is 0 Å². The van der Waals surface area contributed by atoms with Gasteiger partial charge in [-0.25, -0.2) is 8.78 Å². The molecule has 0 aliphatic carbocycles. The third-order valence-corrected chi connectivity index (χ3v) is 5.21. The van der Waals surface area contributed by atoms with Crippen molar-refractivity contribution in [1.82, 2.24) is 10.6 Å². The average Bonchev–Trinajstić information content (AvgIpc) is 2.63. The number of amides is 2. The fraction of sp³-hybridized carbons (Fsp3) is 0.222. The molecule has 4 nitrogen and oxygen atoms in total. The van der Waals surface area contributed by atoms with Gasteiger partial charge in [-0.3, -0.25) is 9.59 Å². The number of nitrogens with one attached hydrogen (secondary N) is 2. The maximum Gasteiger partial charge on any atom is 0.246 e. The standard InChI is InChI=1S/C18H17BrF2N2O2S/c1-10(26-13-6-4-12(19)5-7-13)17(24)23-16(18(25)22-2)11-3-8-14(20)15(21)9-11/h3-10,16H,1-2H3,(H,22,25)(H,23,24). The van der Waals surface area contributed by atoms with Crippen LogP contribution in [0.25, 0.3) is 0 Å². The van der Waals surface area contributed by atoms with Crippen LogP contribution < -0.4 is 10.6 Å². The number of carbonyl (C=O) groups is 2. The molecule has 2 N–H and O–H groups in total. The molecule has 0 fully saturated rings. The molecular weight excluding hydrogens is 426 g/mol. The van der Waals surface area contributed by atoms with Crippen molar-refractivity contribution in [2.75, 3.05) is 7.05 Å². The Bertz CT molecular complexity index is 802. The van der Waals surface area contributed by atoms with Crippen molar-refractivity contribution in [2.24, 2.45) is 0 Å². The Morgan fingerprint density at radius 3 is 2.27 bits per heavy atom. The number of thioether (sulfide) groups is 1. The molecule has 0 heterocycles. The monoisotopic (exact) mass is 442 g/mol. The van der Waals surface area contributed by atoms with Crippen LogP contribution in [0.3, 0.4) is 0 Å². The van der Waals surface area contributed by atoms with Gasteiger partial charge in [-0.1, -0.05) is 22.0 Å². The number of halogens is 3. The van der Waals surface area contributed by atoms with Crippen molar-refractivity contribution < 1.29 is 18.4 Å².